The highest BCUT2D eigenvalue weighted by Gasteiger charge is 2.03. The van der Waals surface area contributed by atoms with E-state index in [1.54, 1.807) is 30.3 Å². The van der Waals surface area contributed by atoms with Crippen LogP contribution in [-0.2, 0) is 11.2 Å². The fourth-order valence-electron chi connectivity index (χ4n) is 1.98. The summed E-state index contributed by atoms with van der Waals surface area (Å²) in [5, 5.41) is 3.81. The molecule has 2 rings (SSSR count). The first-order valence-electron chi connectivity index (χ1n) is 6.82. The zero-order chi connectivity index (χ0) is 16.1. The van der Waals surface area contributed by atoms with Gasteiger partial charge in [-0.15, -0.1) is 0 Å². The molecular weight excluding hydrogens is 319 g/mol. The lowest BCUT2D eigenvalue weighted by atomic mass is 10.1. The summed E-state index contributed by atoms with van der Waals surface area (Å²) in [5.41, 5.74) is 9.02. The molecule has 5 heteroatoms. The van der Waals surface area contributed by atoms with Crippen molar-refractivity contribution in [3.63, 3.8) is 0 Å². The SMILES string of the molecule is CCc1ccc(NC(=O)/C=C/c2ccc(Cl)cc2Cl)cc1N. The third kappa shape index (κ3) is 4.26. The van der Waals surface area contributed by atoms with Gasteiger partial charge in [-0.05, 0) is 47.9 Å². The van der Waals surface area contributed by atoms with Crippen molar-refractivity contribution in [3.8, 4) is 0 Å². The number of amides is 1. The average Bonchev–Trinajstić information content (AvgIpc) is 2.46. The molecule has 22 heavy (non-hydrogen) atoms. The molecule has 0 saturated heterocycles. The first-order chi connectivity index (χ1) is 10.5. The summed E-state index contributed by atoms with van der Waals surface area (Å²) in [5.74, 6) is -0.255. The highest BCUT2D eigenvalue weighted by atomic mass is 35.5. The minimum Gasteiger partial charge on any atom is -0.398 e. The Morgan fingerprint density at radius 2 is 2.00 bits per heavy atom. The van der Waals surface area contributed by atoms with Crippen molar-refractivity contribution in [2.75, 3.05) is 11.1 Å². The third-order valence-electron chi connectivity index (χ3n) is 3.17. The summed E-state index contributed by atoms with van der Waals surface area (Å²) in [6.07, 6.45) is 3.91. The second kappa shape index (κ2) is 7.34. The van der Waals surface area contributed by atoms with Crippen molar-refractivity contribution < 1.29 is 4.79 Å². The number of carbonyl (C=O) groups excluding carboxylic acids is 1. The number of carbonyl (C=O) groups is 1. The Morgan fingerprint density at radius 3 is 2.64 bits per heavy atom. The Balaban J connectivity index is 2.06. The molecule has 2 aromatic carbocycles. The summed E-state index contributed by atoms with van der Waals surface area (Å²) < 4.78 is 0. The van der Waals surface area contributed by atoms with Crippen LogP contribution >= 0.6 is 23.2 Å². The fourth-order valence-corrected chi connectivity index (χ4v) is 2.45. The minimum atomic E-state index is -0.255. The number of nitrogens with two attached hydrogens (primary N) is 1. The van der Waals surface area contributed by atoms with Crippen molar-refractivity contribution in [2.24, 2.45) is 0 Å². The van der Waals surface area contributed by atoms with Gasteiger partial charge in [0, 0.05) is 27.5 Å². The van der Waals surface area contributed by atoms with Crippen molar-refractivity contribution in [1.82, 2.24) is 0 Å². The smallest absolute Gasteiger partial charge is 0.248 e. The molecule has 0 spiro atoms. The molecule has 2 aromatic rings. The molecule has 0 aliphatic heterocycles. The van der Waals surface area contributed by atoms with Crippen molar-refractivity contribution in [2.45, 2.75) is 13.3 Å². The van der Waals surface area contributed by atoms with E-state index in [1.165, 1.54) is 6.08 Å². The van der Waals surface area contributed by atoms with Gasteiger partial charge in [0.2, 0.25) is 5.91 Å². The first kappa shape index (κ1) is 16.4. The van der Waals surface area contributed by atoms with Gasteiger partial charge >= 0.3 is 0 Å². The van der Waals surface area contributed by atoms with Crippen LogP contribution in [0.25, 0.3) is 6.08 Å². The Bertz CT molecular complexity index is 727. The number of anilines is 2. The summed E-state index contributed by atoms with van der Waals surface area (Å²) in [4.78, 5) is 11.9. The standard InChI is InChI=1S/C17H16Cl2N2O/c1-2-11-4-7-14(10-16(11)20)21-17(22)8-5-12-3-6-13(18)9-15(12)19/h3-10H,2,20H2,1H3,(H,21,22)/b8-5+. The van der Waals surface area contributed by atoms with E-state index in [0.29, 0.717) is 21.4 Å². The molecule has 3 nitrogen and oxygen atoms in total. The van der Waals surface area contributed by atoms with Crippen molar-refractivity contribution in [3.05, 3.63) is 63.6 Å². The molecule has 0 atom stereocenters. The number of aryl methyl sites for hydroxylation is 1. The zero-order valence-corrected chi connectivity index (χ0v) is 13.6. The Hall–Kier alpha value is -1.97. The predicted octanol–water partition coefficient (Wildman–Crippen LogP) is 4.79. The largest absolute Gasteiger partial charge is 0.398 e. The van der Waals surface area contributed by atoms with E-state index in [1.807, 2.05) is 19.1 Å². The first-order valence-corrected chi connectivity index (χ1v) is 7.57. The lowest BCUT2D eigenvalue weighted by Gasteiger charge is -2.07. The van der Waals surface area contributed by atoms with E-state index in [-0.39, 0.29) is 5.91 Å². The van der Waals surface area contributed by atoms with Crippen LogP contribution in [0.15, 0.2) is 42.5 Å². The maximum atomic E-state index is 11.9. The molecular formula is C17H16Cl2N2O. The van der Waals surface area contributed by atoms with Gasteiger partial charge in [-0.2, -0.15) is 0 Å². The molecule has 0 unspecified atom stereocenters. The zero-order valence-electron chi connectivity index (χ0n) is 12.1. The van der Waals surface area contributed by atoms with Crippen molar-refractivity contribution in [1.29, 1.82) is 0 Å². The molecule has 0 aliphatic rings. The third-order valence-corrected chi connectivity index (χ3v) is 3.73. The summed E-state index contributed by atoms with van der Waals surface area (Å²) in [6, 6.07) is 10.6. The molecule has 0 aliphatic carbocycles. The molecule has 0 radical (unpaired) electrons. The topological polar surface area (TPSA) is 55.1 Å². The van der Waals surface area contributed by atoms with Crippen LogP contribution in [0.1, 0.15) is 18.1 Å². The van der Waals surface area contributed by atoms with Crippen molar-refractivity contribution >= 4 is 46.6 Å². The molecule has 0 fully saturated rings. The second-order valence-electron chi connectivity index (χ2n) is 4.76. The van der Waals surface area contributed by atoms with Crippen LogP contribution in [0.4, 0.5) is 11.4 Å². The van der Waals surface area contributed by atoms with Gasteiger partial charge in [-0.3, -0.25) is 4.79 Å². The Kier molecular flexibility index (Phi) is 5.47. The molecule has 0 heterocycles. The van der Waals surface area contributed by atoms with E-state index >= 15 is 0 Å². The molecule has 0 saturated carbocycles. The quantitative estimate of drug-likeness (QED) is 0.623. The van der Waals surface area contributed by atoms with Gasteiger partial charge in [0.05, 0.1) is 0 Å². The molecule has 0 aromatic heterocycles. The van der Waals surface area contributed by atoms with Gasteiger partial charge in [0.15, 0.2) is 0 Å². The van der Waals surface area contributed by atoms with Crippen LogP contribution in [0.3, 0.4) is 0 Å². The van der Waals surface area contributed by atoms with E-state index < -0.39 is 0 Å². The predicted molar refractivity (Wildman–Crippen MR) is 94.4 cm³/mol. The molecule has 1 amide bonds. The lowest BCUT2D eigenvalue weighted by Crippen LogP contribution is -2.08. The number of nitrogen functional groups attached to an aromatic ring is 1. The number of benzene rings is 2. The maximum absolute atomic E-state index is 11.9. The number of rotatable bonds is 4. The summed E-state index contributed by atoms with van der Waals surface area (Å²) in [6.45, 7) is 2.03. The summed E-state index contributed by atoms with van der Waals surface area (Å²) >= 11 is 11.9. The normalized spacial score (nSPS) is 10.9. The molecule has 114 valence electrons. The average molecular weight is 335 g/mol. The van der Waals surface area contributed by atoms with Gasteiger partial charge < -0.3 is 11.1 Å². The van der Waals surface area contributed by atoms with Gasteiger partial charge in [-0.1, -0.05) is 42.3 Å². The van der Waals surface area contributed by atoms with Crippen LogP contribution < -0.4 is 11.1 Å². The van der Waals surface area contributed by atoms with Gasteiger partial charge in [0.1, 0.15) is 0 Å². The van der Waals surface area contributed by atoms with Gasteiger partial charge in [-0.25, -0.2) is 0 Å². The van der Waals surface area contributed by atoms with Crippen LogP contribution in [0, 0.1) is 0 Å². The van der Waals surface area contributed by atoms with Crippen LogP contribution in [-0.4, -0.2) is 5.91 Å². The number of nitrogens with one attached hydrogen (secondary N) is 1. The second-order valence-corrected chi connectivity index (χ2v) is 5.60. The number of hydrogen-bond acceptors (Lipinski definition) is 2. The Morgan fingerprint density at radius 1 is 1.23 bits per heavy atom. The van der Waals surface area contributed by atoms with E-state index in [0.717, 1.165) is 17.5 Å². The number of halogens is 2. The maximum Gasteiger partial charge on any atom is 0.248 e. The molecule has 0 bridgehead atoms. The fraction of sp³-hybridized carbons (Fsp3) is 0.118. The van der Waals surface area contributed by atoms with E-state index in [2.05, 4.69) is 5.32 Å². The number of hydrogen-bond donors (Lipinski definition) is 2. The Labute approximate surface area is 139 Å². The highest BCUT2D eigenvalue weighted by molar-refractivity contribution is 6.35. The lowest BCUT2D eigenvalue weighted by molar-refractivity contribution is -0.111. The van der Waals surface area contributed by atoms with Gasteiger partial charge in [0.25, 0.3) is 0 Å². The van der Waals surface area contributed by atoms with Crippen LogP contribution in [0.2, 0.25) is 10.0 Å². The van der Waals surface area contributed by atoms with Crippen LogP contribution in [0.5, 0.6) is 0 Å². The monoisotopic (exact) mass is 334 g/mol. The minimum absolute atomic E-state index is 0.255. The van der Waals surface area contributed by atoms with E-state index in [4.69, 9.17) is 28.9 Å². The highest BCUT2D eigenvalue weighted by Crippen LogP contribution is 2.22. The van der Waals surface area contributed by atoms with E-state index in [9.17, 15) is 4.79 Å². The molecule has 3 N–H and O–H groups in total. The summed E-state index contributed by atoms with van der Waals surface area (Å²) in [7, 11) is 0.